The van der Waals surface area contributed by atoms with Crippen molar-refractivity contribution in [2.45, 2.75) is 20.1 Å². The molecule has 2 aromatic carbocycles. The van der Waals surface area contributed by atoms with Gasteiger partial charge < -0.3 is 14.8 Å². The molecule has 0 saturated carbocycles. The van der Waals surface area contributed by atoms with Gasteiger partial charge >= 0.3 is 0 Å². The van der Waals surface area contributed by atoms with Gasteiger partial charge in [-0.05, 0) is 40.6 Å². The van der Waals surface area contributed by atoms with E-state index in [1.807, 2.05) is 49.4 Å². The monoisotopic (exact) mass is 373 g/mol. The molecular weight excluding hydrogens is 354 g/mol. The normalized spacial score (nSPS) is 10.6. The molecule has 1 N–H and O–H groups in total. The van der Waals surface area contributed by atoms with Crippen LogP contribution in [-0.2, 0) is 20.2 Å². The molecule has 1 heterocycles. The topological polar surface area (TPSA) is 74.1 Å². The lowest BCUT2D eigenvalue weighted by Gasteiger charge is -2.15. The molecule has 0 aliphatic rings. The minimum absolute atomic E-state index is 0.419. The Morgan fingerprint density at radius 1 is 1.12 bits per heavy atom. The zero-order valence-corrected chi connectivity index (χ0v) is 15.4. The maximum atomic E-state index is 6.45. The number of rotatable bonds is 8. The van der Waals surface area contributed by atoms with E-state index < -0.39 is 0 Å². The highest BCUT2D eigenvalue weighted by molar-refractivity contribution is 6.32. The summed E-state index contributed by atoms with van der Waals surface area (Å²) in [7, 11) is 1.77. The van der Waals surface area contributed by atoms with Crippen molar-refractivity contribution in [3.05, 3.63) is 58.6 Å². The van der Waals surface area contributed by atoms with Gasteiger partial charge in [0.15, 0.2) is 11.5 Å². The molecule has 0 aliphatic carbocycles. The highest BCUT2D eigenvalue weighted by Crippen LogP contribution is 2.37. The van der Waals surface area contributed by atoms with E-state index >= 15 is 0 Å². The van der Waals surface area contributed by atoms with E-state index in [9.17, 15) is 0 Å². The number of anilines is 1. The van der Waals surface area contributed by atoms with E-state index in [2.05, 4.69) is 20.8 Å². The van der Waals surface area contributed by atoms with Crippen LogP contribution in [0.5, 0.6) is 11.5 Å². The SMILES string of the molecule is CCOc1cc(CNc2nnnn2C)cc(Cl)c1OCc1ccccc1. The predicted molar refractivity (Wildman–Crippen MR) is 99.5 cm³/mol. The summed E-state index contributed by atoms with van der Waals surface area (Å²) in [6.45, 7) is 3.36. The van der Waals surface area contributed by atoms with Crippen LogP contribution in [0.2, 0.25) is 5.02 Å². The fraction of sp³-hybridized carbons (Fsp3) is 0.278. The van der Waals surface area contributed by atoms with E-state index in [0.717, 1.165) is 11.1 Å². The number of benzene rings is 2. The van der Waals surface area contributed by atoms with Gasteiger partial charge in [-0.15, -0.1) is 0 Å². The Morgan fingerprint density at radius 2 is 1.92 bits per heavy atom. The summed E-state index contributed by atoms with van der Waals surface area (Å²) < 4.78 is 13.2. The molecule has 1 aromatic heterocycles. The summed E-state index contributed by atoms with van der Waals surface area (Å²) in [5.41, 5.74) is 2.00. The first-order valence-electron chi connectivity index (χ1n) is 8.25. The molecule has 0 saturated heterocycles. The fourth-order valence-electron chi connectivity index (χ4n) is 2.42. The quantitative estimate of drug-likeness (QED) is 0.651. The minimum Gasteiger partial charge on any atom is -0.490 e. The van der Waals surface area contributed by atoms with Crippen molar-refractivity contribution in [3.63, 3.8) is 0 Å². The zero-order valence-electron chi connectivity index (χ0n) is 14.6. The zero-order chi connectivity index (χ0) is 18.4. The van der Waals surface area contributed by atoms with E-state index in [0.29, 0.717) is 42.2 Å². The van der Waals surface area contributed by atoms with Crippen molar-refractivity contribution in [1.29, 1.82) is 0 Å². The van der Waals surface area contributed by atoms with E-state index in [1.54, 1.807) is 11.7 Å². The molecule has 0 atom stereocenters. The van der Waals surface area contributed by atoms with E-state index in [-0.39, 0.29) is 0 Å². The number of aromatic nitrogens is 4. The molecule has 3 aromatic rings. The Hall–Kier alpha value is -2.80. The van der Waals surface area contributed by atoms with Gasteiger partial charge in [-0.1, -0.05) is 47.0 Å². The number of ether oxygens (including phenoxy) is 2. The lowest BCUT2D eigenvalue weighted by molar-refractivity contribution is 0.269. The van der Waals surface area contributed by atoms with Crippen molar-refractivity contribution < 1.29 is 9.47 Å². The average Bonchev–Trinajstić information content (AvgIpc) is 3.05. The number of tetrazole rings is 1. The third kappa shape index (κ3) is 4.43. The smallest absolute Gasteiger partial charge is 0.242 e. The molecule has 136 valence electrons. The fourth-order valence-corrected chi connectivity index (χ4v) is 2.70. The van der Waals surface area contributed by atoms with Crippen molar-refractivity contribution >= 4 is 17.5 Å². The van der Waals surface area contributed by atoms with Gasteiger partial charge in [-0.2, -0.15) is 0 Å². The van der Waals surface area contributed by atoms with Crippen molar-refractivity contribution in [1.82, 2.24) is 20.2 Å². The average molecular weight is 374 g/mol. The first-order valence-corrected chi connectivity index (χ1v) is 8.63. The second-order valence-corrected chi connectivity index (χ2v) is 6.00. The van der Waals surface area contributed by atoms with Crippen LogP contribution >= 0.6 is 11.6 Å². The maximum absolute atomic E-state index is 6.45. The van der Waals surface area contributed by atoms with Crippen LogP contribution in [0, 0.1) is 0 Å². The number of nitrogens with one attached hydrogen (secondary N) is 1. The number of hydrogen-bond acceptors (Lipinski definition) is 6. The second-order valence-electron chi connectivity index (χ2n) is 5.59. The summed E-state index contributed by atoms with van der Waals surface area (Å²) in [5.74, 6) is 1.73. The third-order valence-electron chi connectivity index (χ3n) is 3.67. The minimum atomic E-state index is 0.419. The molecule has 8 heteroatoms. The van der Waals surface area contributed by atoms with Gasteiger partial charge in [0.05, 0.1) is 11.6 Å². The van der Waals surface area contributed by atoms with Crippen molar-refractivity contribution in [3.8, 4) is 11.5 Å². The second kappa shape index (κ2) is 8.53. The maximum Gasteiger partial charge on any atom is 0.242 e. The molecule has 0 aliphatic heterocycles. The van der Waals surface area contributed by atoms with Crippen LogP contribution < -0.4 is 14.8 Å². The summed E-state index contributed by atoms with van der Waals surface area (Å²) in [5, 5.41) is 14.9. The Bertz CT molecular complexity index is 854. The van der Waals surface area contributed by atoms with Crippen LogP contribution in [0.25, 0.3) is 0 Å². The first-order chi connectivity index (χ1) is 12.7. The van der Waals surface area contributed by atoms with Gasteiger partial charge in [-0.3, -0.25) is 0 Å². The molecule has 0 radical (unpaired) electrons. The highest BCUT2D eigenvalue weighted by atomic mass is 35.5. The number of hydrogen-bond donors (Lipinski definition) is 1. The van der Waals surface area contributed by atoms with Gasteiger partial charge in [0.25, 0.3) is 0 Å². The first kappa shape index (κ1) is 18.0. The molecule has 0 spiro atoms. The Kier molecular flexibility index (Phi) is 5.91. The van der Waals surface area contributed by atoms with E-state index in [4.69, 9.17) is 21.1 Å². The summed E-state index contributed by atoms with van der Waals surface area (Å²) in [4.78, 5) is 0. The lowest BCUT2D eigenvalue weighted by atomic mass is 10.2. The largest absolute Gasteiger partial charge is 0.490 e. The van der Waals surface area contributed by atoms with Crippen LogP contribution in [-0.4, -0.2) is 26.8 Å². The highest BCUT2D eigenvalue weighted by Gasteiger charge is 2.13. The molecule has 7 nitrogen and oxygen atoms in total. The van der Waals surface area contributed by atoms with Crippen LogP contribution in [0.3, 0.4) is 0 Å². The lowest BCUT2D eigenvalue weighted by Crippen LogP contribution is -2.07. The summed E-state index contributed by atoms with van der Waals surface area (Å²) in [6.07, 6.45) is 0. The third-order valence-corrected chi connectivity index (χ3v) is 3.95. The van der Waals surface area contributed by atoms with Crippen LogP contribution in [0.15, 0.2) is 42.5 Å². The van der Waals surface area contributed by atoms with E-state index in [1.165, 1.54) is 0 Å². The Labute approximate surface area is 156 Å². The number of nitrogens with zero attached hydrogens (tertiary/aromatic N) is 4. The standard InChI is InChI=1S/C18H20ClN5O2/c1-3-25-16-10-14(11-20-18-21-22-23-24(18)2)9-15(19)17(16)26-12-13-7-5-4-6-8-13/h4-10H,3,11-12H2,1-2H3,(H,20,21,23). The molecule has 0 amide bonds. The van der Waals surface area contributed by atoms with Gasteiger partial charge in [0, 0.05) is 13.6 Å². The molecule has 0 unspecified atom stereocenters. The Balaban J connectivity index is 1.75. The van der Waals surface area contributed by atoms with Crippen LogP contribution in [0.4, 0.5) is 5.95 Å². The molecule has 26 heavy (non-hydrogen) atoms. The molecule has 0 fully saturated rings. The summed E-state index contributed by atoms with van der Waals surface area (Å²) >= 11 is 6.45. The molecule has 3 rings (SSSR count). The summed E-state index contributed by atoms with van der Waals surface area (Å²) in [6, 6.07) is 13.7. The van der Waals surface area contributed by atoms with Gasteiger partial charge in [-0.25, -0.2) is 4.68 Å². The number of aryl methyl sites for hydroxylation is 1. The van der Waals surface area contributed by atoms with Gasteiger partial charge in [0.1, 0.15) is 6.61 Å². The van der Waals surface area contributed by atoms with Crippen molar-refractivity contribution in [2.24, 2.45) is 7.05 Å². The van der Waals surface area contributed by atoms with Gasteiger partial charge in [0.2, 0.25) is 5.95 Å². The number of halogens is 1. The van der Waals surface area contributed by atoms with Crippen molar-refractivity contribution in [2.75, 3.05) is 11.9 Å². The molecular formula is C18H20ClN5O2. The van der Waals surface area contributed by atoms with Crippen LogP contribution in [0.1, 0.15) is 18.1 Å². The Morgan fingerprint density at radius 3 is 2.62 bits per heavy atom. The molecule has 0 bridgehead atoms. The predicted octanol–water partition coefficient (Wildman–Crippen LogP) is 3.45.